The molecule has 0 saturated heterocycles. The normalized spacial score (nSPS) is 9.65. The summed E-state index contributed by atoms with van der Waals surface area (Å²) in [5.74, 6) is -0.655. The molecule has 0 spiro atoms. The van der Waals surface area contributed by atoms with E-state index < -0.39 is 5.97 Å². The van der Waals surface area contributed by atoms with Gasteiger partial charge in [0, 0.05) is 6.42 Å². The number of hydrogen-bond donors (Lipinski definition) is 2. The van der Waals surface area contributed by atoms with Crippen LogP contribution in [0.15, 0.2) is 0 Å². The number of carbonyl (C=O) groups is 1. The van der Waals surface area contributed by atoms with E-state index in [9.17, 15) is 4.79 Å². The molecule has 0 fully saturated rings. The number of carboxylic acids is 1. The van der Waals surface area contributed by atoms with Crippen LogP contribution in [0.4, 0.5) is 0 Å². The van der Waals surface area contributed by atoms with Gasteiger partial charge in [-0.15, -0.1) is 0 Å². The Balaban J connectivity index is -0.000000482. The Labute approximate surface area is 139 Å². The molecule has 0 saturated carbocycles. The van der Waals surface area contributed by atoms with Crippen LogP contribution in [0.3, 0.4) is 0 Å². The van der Waals surface area contributed by atoms with Gasteiger partial charge >= 0.3 is 24.8 Å². The van der Waals surface area contributed by atoms with E-state index in [-0.39, 0.29) is 26.4 Å². The van der Waals surface area contributed by atoms with E-state index in [1.165, 1.54) is 70.6 Å². The first-order chi connectivity index (χ1) is 8.77. The summed E-state index contributed by atoms with van der Waals surface area (Å²) in [7, 11) is 0. The molecule has 118 valence electrons. The van der Waals surface area contributed by atoms with Crippen molar-refractivity contribution in [1.82, 2.24) is 6.15 Å². The van der Waals surface area contributed by atoms with Crippen molar-refractivity contribution in [2.24, 2.45) is 0 Å². The summed E-state index contributed by atoms with van der Waals surface area (Å²) in [6.45, 7) is 2.26. The van der Waals surface area contributed by atoms with E-state index in [2.05, 4.69) is 6.92 Å². The van der Waals surface area contributed by atoms with Crippen LogP contribution in [-0.4, -0.2) is 11.1 Å². The van der Waals surface area contributed by atoms with E-state index >= 15 is 0 Å². The molecule has 0 aliphatic rings. The molecule has 0 aromatic heterocycles. The van der Waals surface area contributed by atoms with Gasteiger partial charge in [-0.05, 0) is 6.42 Å². The molecule has 0 atom stereocenters. The fraction of sp³-hybridized carbons (Fsp3) is 0.938. The van der Waals surface area contributed by atoms with Crippen molar-refractivity contribution in [1.29, 1.82) is 0 Å². The van der Waals surface area contributed by atoms with Crippen molar-refractivity contribution in [3.05, 3.63) is 0 Å². The predicted molar refractivity (Wildman–Crippen MR) is 84.1 cm³/mol. The maximum Gasteiger partial charge on any atom is 1.00 e. The average molecular weight is 281 g/mol. The molecule has 0 unspecified atom stereocenters. The second-order valence-electron chi connectivity index (χ2n) is 5.39. The van der Waals surface area contributed by atoms with Crippen molar-refractivity contribution in [3.63, 3.8) is 0 Å². The molecule has 0 heterocycles. The molecule has 4 N–H and O–H groups in total. The van der Waals surface area contributed by atoms with E-state index in [1.54, 1.807) is 0 Å². The Kier molecular flexibility index (Phi) is 26.7. The molecule has 0 aliphatic heterocycles. The van der Waals surface area contributed by atoms with Gasteiger partial charge in [0.1, 0.15) is 0 Å². The maximum absolute atomic E-state index is 10.3. The Bertz CT molecular complexity index is 195. The molecule has 0 aromatic rings. The third-order valence-electron chi connectivity index (χ3n) is 3.49. The first-order valence-corrected chi connectivity index (χ1v) is 7.99. The second-order valence-corrected chi connectivity index (χ2v) is 5.39. The Morgan fingerprint density at radius 1 is 0.750 bits per heavy atom. The molecule has 0 aromatic carbocycles. The van der Waals surface area contributed by atoms with Gasteiger partial charge in [-0.2, -0.15) is 0 Å². The summed E-state index contributed by atoms with van der Waals surface area (Å²) >= 11 is 0. The van der Waals surface area contributed by atoms with Crippen molar-refractivity contribution in [2.75, 3.05) is 0 Å². The topological polar surface area (TPSA) is 72.3 Å². The number of carboxylic acid groups (broad SMARTS) is 1. The van der Waals surface area contributed by atoms with Crippen LogP contribution < -0.4 is 25.0 Å². The smallest absolute Gasteiger partial charge is 1.00 e. The van der Waals surface area contributed by atoms with Crippen LogP contribution in [0, 0.1) is 0 Å². The van der Waals surface area contributed by atoms with Gasteiger partial charge in [0.15, 0.2) is 0 Å². The van der Waals surface area contributed by atoms with Crippen LogP contribution in [0.1, 0.15) is 98.2 Å². The molecule has 4 heteroatoms. The fourth-order valence-corrected chi connectivity index (χ4v) is 2.29. The monoisotopic (exact) mass is 281 g/mol. The Hall–Kier alpha value is 0.0274. The molecule has 0 bridgehead atoms. The zero-order chi connectivity index (χ0) is 13.5. The Morgan fingerprint density at radius 3 is 1.35 bits per heavy atom. The molecule has 0 radical (unpaired) electrons. The molecule has 0 rings (SSSR count). The minimum absolute atomic E-state index is 0. The number of hydrogen-bond acceptors (Lipinski definition) is 2. The quantitative estimate of drug-likeness (QED) is 0.380. The van der Waals surface area contributed by atoms with Gasteiger partial charge in [-0.3, -0.25) is 4.79 Å². The number of unbranched alkanes of at least 4 members (excludes halogenated alkanes) is 12. The van der Waals surface area contributed by atoms with Crippen LogP contribution in [0.25, 0.3) is 0 Å². The number of aliphatic carboxylic acids is 1. The molecular weight excluding hydrogens is 245 g/mol. The van der Waals surface area contributed by atoms with Crippen molar-refractivity contribution < 1.29 is 30.2 Å². The van der Waals surface area contributed by atoms with Crippen LogP contribution >= 0.6 is 0 Å². The van der Waals surface area contributed by atoms with Gasteiger partial charge < -0.3 is 12.7 Å². The van der Waals surface area contributed by atoms with Gasteiger partial charge in [0.05, 0.1) is 0 Å². The van der Waals surface area contributed by atoms with Gasteiger partial charge in [-0.1, -0.05) is 84.0 Å². The van der Waals surface area contributed by atoms with E-state index in [4.69, 9.17) is 5.11 Å². The molecule has 0 aliphatic carbocycles. The third-order valence-corrected chi connectivity index (χ3v) is 3.49. The van der Waals surface area contributed by atoms with Crippen molar-refractivity contribution >= 4 is 5.97 Å². The number of rotatable bonds is 14. The third kappa shape index (κ3) is 23.1. The van der Waals surface area contributed by atoms with E-state index in [0.29, 0.717) is 6.42 Å². The fourth-order valence-electron chi connectivity index (χ4n) is 2.29. The Morgan fingerprint density at radius 2 is 1.05 bits per heavy atom. The standard InChI is InChI=1S/C16H32O2.Li.H3N.H/c1-2-3-4-5-6-7-8-9-10-11-12-13-14-15-16(17)18;;;/h2-15H2,1H3,(H,17,18);;1H3;/q;+1;;-1. The summed E-state index contributed by atoms with van der Waals surface area (Å²) in [6.07, 6.45) is 17.3. The minimum atomic E-state index is -0.655. The largest absolute Gasteiger partial charge is 1.00 e. The summed E-state index contributed by atoms with van der Waals surface area (Å²) in [4.78, 5) is 10.3. The average Bonchev–Trinajstić information content (AvgIpc) is 2.34. The van der Waals surface area contributed by atoms with Crippen LogP contribution in [-0.2, 0) is 4.79 Å². The summed E-state index contributed by atoms with van der Waals surface area (Å²) in [5.41, 5.74) is 0. The molecule has 0 amide bonds. The molecule has 20 heavy (non-hydrogen) atoms. The maximum atomic E-state index is 10.3. The molecule has 3 nitrogen and oxygen atoms in total. The SMILES string of the molecule is CCCCCCCCCCCCCCCC(=O)O.N.[H-].[Li+]. The zero-order valence-corrected chi connectivity index (χ0v) is 14.0. The first kappa shape index (κ1) is 25.0. The van der Waals surface area contributed by atoms with E-state index in [1.807, 2.05) is 0 Å². The zero-order valence-electron chi connectivity index (χ0n) is 15.0. The molecular formula is C16H36LiNO2. The summed E-state index contributed by atoms with van der Waals surface area (Å²) < 4.78 is 0. The van der Waals surface area contributed by atoms with Gasteiger partial charge in [-0.25, -0.2) is 0 Å². The first-order valence-electron chi connectivity index (χ1n) is 7.99. The second kappa shape index (κ2) is 21.3. The van der Waals surface area contributed by atoms with E-state index in [0.717, 1.165) is 12.8 Å². The summed E-state index contributed by atoms with van der Waals surface area (Å²) in [6, 6.07) is 0. The summed E-state index contributed by atoms with van der Waals surface area (Å²) in [5, 5.41) is 8.49. The van der Waals surface area contributed by atoms with Crippen LogP contribution in [0.5, 0.6) is 0 Å². The van der Waals surface area contributed by atoms with Crippen LogP contribution in [0.2, 0.25) is 0 Å². The van der Waals surface area contributed by atoms with Crippen molar-refractivity contribution in [2.45, 2.75) is 96.8 Å². The van der Waals surface area contributed by atoms with Gasteiger partial charge in [0.2, 0.25) is 0 Å². The predicted octanol–water partition coefficient (Wildman–Crippen LogP) is 2.83. The van der Waals surface area contributed by atoms with Crippen molar-refractivity contribution in [3.8, 4) is 0 Å². The van der Waals surface area contributed by atoms with Gasteiger partial charge in [0.25, 0.3) is 0 Å². The minimum Gasteiger partial charge on any atom is -1.00 e.